The van der Waals surface area contributed by atoms with E-state index in [0.717, 1.165) is 0 Å². The quantitative estimate of drug-likeness (QED) is 0.825. The summed E-state index contributed by atoms with van der Waals surface area (Å²) in [6.07, 6.45) is 0. The van der Waals surface area contributed by atoms with Gasteiger partial charge in [0.25, 0.3) is 0 Å². The molecule has 2 aliphatic rings. The molecule has 0 saturated carbocycles. The Balaban J connectivity index is 2.45. The fourth-order valence-electron chi connectivity index (χ4n) is 3.85. The Bertz CT molecular complexity index is 899. The third-order valence-corrected chi connectivity index (χ3v) is 4.74. The Morgan fingerprint density at radius 2 is 1.92 bits per heavy atom. The fraction of sp³-hybridized carbons (Fsp3) is 0.316. The van der Waals surface area contributed by atoms with Gasteiger partial charge in [-0.25, -0.2) is 4.79 Å². The topological polar surface area (TPSA) is 98.9 Å². The number of nitrogens with two attached hydrogens (primary N) is 1. The molecule has 0 unspecified atom stereocenters. The molecule has 1 aromatic rings. The molecule has 7 heteroatoms. The van der Waals surface area contributed by atoms with E-state index in [9.17, 15) is 14.4 Å². The molecule has 2 N–H and O–H groups in total. The van der Waals surface area contributed by atoms with Crippen LogP contribution in [0.3, 0.4) is 0 Å². The molecule has 0 fully saturated rings. The van der Waals surface area contributed by atoms with Gasteiger partial charge >= 0.3 is 5.97 Å². The molecule has 1 aromatic carbocycles. The van der Waals surface area contributed by atoms with Crippen molar-refractivity contribution >= 4 is 23.3 Å². The normalized spacial score (nSPS) is 21.8. The Morgan fingerprint density at radius 3 is 2.54 bits per heavy atom. The third kappa shape index (κ3) is 2.09. The van der Waals surface area contributed by atoms with Crippen LogP contribution in [0.5, 0.6) is 0 Å². The molecule has 0 aromatic heterocycles. The number of para-hydroxylation sites is 1. The number of nitrogens with zero attached hydrogens (tertiary/aromatic N) is 1. The van der Waals surface area contributed by atoms with Crippen LogP contribution in [0.2, 0.25) is 0 Å². The number of Topliss-reactive ketones (excluding diaryl/α,β-unsaturated/α-hetero) is 1. The van der Waals surface area contributed by atoms with Crippen molar-refractivity contribution in [1.82, 2.24) is 0 Å². The molecular weight excluding hydrogens is 336 g/mol. The second-order valence-electron chi connectivity index (χ2n) is 6.18. The van der Waals surface area contributed by atoms with Crippen LogP contribution in [0.25, 0.3) is 0 Å². The van der Waals surface area contributed by atoms with Gasteiger partial charge in [-0.1, -0.05) is 18.2 Å². The lowest BCUT2D eigenvalue weighted by Gasteiger charge is -2.36. The molecule has 7 nitrogen and oxygen atoms in total. The Hall–Kier alpha value is -3.09. The highest BCUT2D eigenvalue weighted by molar-refractivity contribution is 6.22. The van der Waals surface area contributed by atoms with Gasteiger partial charge in [-0.3, -0.25) is 9.59 Å². The number of fused-ring (bicyclic) bond motifs is 2. The molecule has 26 heavy (non-hydrogen) atoms. The number of rotatable bonds is 3. The third-order valence-electron chi connectivity index (χ3n) is 4.74. The van der Waals surface area contributed by atoms with E-state index >= 15 is 0 Å². The van der Waals surface area contributed by atoms with Gasteiger partial charge in [-0.15, -0.1) is 0 Å². The highest BCUT2D eigenvalue weighted by Gasteiger charge is 2.62. The number of allylic oxidation sites excluding steroid dienone is 1. The molecule has 1 amide bonds. The molecular formula is C19H20N2O5. The number of ether oxygens (including phenoxy) is 2. The van der Waals surface area contributed by atoms with Crippen LogP contribution in [0.4, 0.5) is 5.69 Å². The Labute approximate surface area is 151 Å². The van der Waals surface area contributed by atoms with Crippen molar-refractivity contribution in [3.05, 3.63) is 52.6 Å². The number of carbonyl (C=O) groups is 3. The molecule has 0 aliphatic carbocycles. The summed E-state index contributed by atoms with van der Waals surface area (Å²) in [5.41, 5.74) is 5.39. The van der Waals surface area contributed by atoms with Crippen LogP contribution >= 0.6 is 0 Å². The van der Waals surface area contributed by atoms with Crippen molar-refractivity contribution in [3.8, 4) is 0 Å². The van der Waals surface area contributed by atoms with E-state index in [2.05, 4.69) is 0 Å². The number of carbonyl (C=O) groups excluding carboxylic acids is 3. The maximum absolute atomic E-state index is 13.5. The number of benzene rings is 1. The highest BCUT2D eigenvalue weighted by Crippen LogP contribution is 2.53. The molecule has 0 radical (unpaired) electrons. The largest absolute Gasteiger partial charge is 0.462 e. The maximum atomic E-state index is 13.5. The summed E-state index contributed by atoms with van der Waals surface area (Å²) in [5.74, 6) is -1.64. The molecule has 3 rings (SSSR count). The smallest absolute Gasteiger partial charge is 0.341 e. The number of hydrogen-bond acceptors (Lipinski definition) is 6. The lowest BCUT2D eigenvalue weighted by molar-refractivity contribution is -0.141. The van der Waals surface area contributed by atoms with E-state index in [1.807, 2.05) is 0 Å². The van der Waals surface area contributed by atoms with E-state index in [0.29, 0.717) is 11.3 Å². The van der Waals surface area contributed by atoms with Gasteiger partial charge in [0.1, 0.15) is 16.7 Å². The number of anilines is 1. The average Bonchev–Trinajstić information content (AvgIpc) is 2.78. The monoisotopic (exact) mass is 356 g/mol. The van der Waals surface area contributed by atoms with Crippen LogP contribution in [0.15, 0.2) is 47.1 Å². The molecule has 1 spiro atoms. The van der Waals surface area contributed by atoms with Crippen molar-refractivity contribution in [2.24, 2.45) is 5.73 Å². The van der Waals surface area contributed by atoms with E-state index in [1.54, 1.807) is 45.2 Å². The zero-order valence-electron chi connectivity index (χ0n) is 15.1. The minimum absolute atomic E-state index is 0.0927. The Morgan fingerprint density at radius 1 is 1.27 bits per heavy atom. The van der Waals surface area contributed by atoms with Crippen LogP contribution in [0.1, 0.15) is 26.3 Å². The first-order valence-electron chi connectivity index (χ1n) is 8.23. The summed E-state index contributed by atoms with van der Waals surface area (Å²) < 4.78 is 10.6. The average molecular weight is 356 g/mol. The van der Waals surface area contributed by atoms with Crippen molar-refractivity contribution in [2.75, 3.05) is 18.6 Å². The van der Waals surface area contributed by atoms with Gasteiger partial charge in [0.15, 0.2) is 5.78 Å². The van der Waals surface area contributed by atoms with Crippen molar-refractivity contribution < 1.29 is 23.9 Å². The second kappa shape index (κ2) is 6.01. The maximum Gasteiger partial charge on any atom is 0.341 e. The number of amides is 1. The lowest BCUT2D eigenvalue weighted by Crippen LogP contribution is -2.49. The Kier molecular flexibility index (Phi) is 4.10. The van der Waals surface area contributed by atoms with Gasteiger partial charge in [-0.2, -0.15) is 0 Å². The number of esters is 1. The number of hydrogen-bond donors (Lipinski definition) is 1. The van der Waals surface area contributed by atoms with Crippen molar-refractivity contribution in [2.45, 2.75) is 26.2 Å². The number of likely N-dealkylation sites (N-methyl/N-ethyl adjacent to an activating group) is 1. The molecule has 2 aliphatic heterocycles. The number of ketones is 1. The summed E-state index contributed by atoms with van der Waals surface area (Å²) in [6, 6.07) is 6.99. The summed E-state index contributed by atoms with van der Waals surface area (Å²) in [5, 5.41) is 0. The fourth-order valence-corrected chi connectivity index (χ4v) is 3.85. The van der Waals surface area contributed by atoms with Crippen LogP contribution in [0, 0.1) is 0 Å². The predicted octanol–water partition coefficient (Wildman–Crippen LogP) is 1.53. The zero-order chi connectivity index (χ0) is 19.2. The second-order valence-corrected chi connectivity index (χ2v) is 6.18. The molecule has 0 saturated heterocycles. The standard InChI is InChI=1S/C19H20N2O5/c1-5-25-17(23)15-16(20)26-11(3)14(10(2)22)19(15)12-8-6-7-9-13(12)21(4)18(19)24/h6-9H,5,20H2,1-4H3/t19-/m0/s1. The van der Waals surface area contributed by atoms with Crippen molar-refractivity contribution in [1.29, 1.82) is 0 Å². The minimum Gasteiger partial charge on any atom is -0.462 e. The molecule has 0 bridgehead atoms. The molecule has 1 atom stereocenters. The summed E-state index contributed by atoms with van der Waals surface area (Å²) in [6.45, 7) is 4.63. The summed E-state index contributed by atoms with van der Waals surface area (Å²) in [7, 11) is 1.59. The first-order valence-corrected chi connectivity index (χ1v) is 8.23. The SMILES string of the molecule is CCOC(=O)C1=C(N)OC(C)=C(C(C)=O)[C@]12C(=O)N(C)c1ccccc12. The zero-order valence-corrected chi connectivity index (χ0v) is 15.1. The molecule has 136 valence electrons. The summed E-state index contributed by atoms with van der Waals surface area (Å²) >= 11 is 0. The van der Waals surface area contributed by atoms with Gasteiger partial charge in [0.2, 0.25) is 11.8 Å². The van der Waals surface area contributed by atoms with Gasteiger partial charge in [0, 0.05) is 18.3 Å². The molecule has 2 heterocycles. The van der Waals surface area contributed by atoms with E-state index in [4.69, 9.17) is 15.2 Å². The van der Waals surface area contributed by atoms with E-state index in [1.165, 1.54) is 11.8 Å². The first-order chi connectivity index (χ1) is 12.3. The van der Waals surface area contributed by atoms with Crippen LogP contribution in [-0.2, 0) is 29.3 Å². The van der Waals surface area contributed by atoms with Gasteiger partial charge in [0.05, 0.1) is 12.2 Å². The lowest BCUT2D eigenvalue weighted by atomic mass is 9.66. The van der Waals surface area contributed by atoms with Crippen LogP contribution in [-0.4, -0.2) is 31.3 Å². The minimum atomic E-state index is -1.67. The van der Waals surface area contributed by atoms with E-state index in [-0.39, 0.29) is 35.2 Å². The van der Waals surface area contributed by atoms with E-state index < -0.39 is 17.3 Å². The van der Waals surface area contributed by atoms with Crippen LogP contribution < -0.4 is 10.6 Å². The van der Waals surface area contributed by atoms with Gasteiger partial charge < -0.3 is 20.1 Å². The first kappa shape index (κ1) is 17.7. The van der Waals surface area contributed by atoms with Gasteiger partial charge in [-0.05, 0) is 26.8 Å². The van der Waals surface area contributed by atoms with Crippen molar-refractivity contribution in [3.63, 3.8) is 0 Å². The summed E-state index contributed by atoms with van der Waals surface area (Å²) in [4.78, 5) is 40.2. The predicted molar refractivity (Wildman–Crippen MR) is 93.8 cm³/mol. The highest BCUT2D eigenvalue weighted by atomic mass is 16.5.